The van der Waals surface area contributed by atoms with Crippen LogP contribution < -0.4 is 5.32 Å². The molecule has 2 heterocycles. The topological polar surface area (TPSA) is 37.8 Å². The number of rotatable bonds is 5. The van der Waals surface area contributed by atoms with E-state index in [-0.39, 0.29) is 0 Å². The van der Waals surface area contributed by atoms with Gasteiger partial charge in [0.05, 0.1) is 5.01 Å². The molecule has 3 aromatic rings. The van der Waals surface area contributed by atoms with E-state index in [1.54, 1.807) is 11.3 Å². The van der Waals surface area contributed by atoms with Crippen molar-refractivity contribution in [2.75, 3.05) is 6.54 Å². The molecule has 0 aliphatic rings. The summed E-state index contributed by atoms with van der Waals surface area (Å²) in [6, 6.07) is 8.44. The average molecular weight is 283 g/mol. The largest absolute Gasteiger partial charge is 0.312 e. The van der Waals surface area contributed by atoms with Crippen LogP contribution in [-0.2, 0) is 13.0 Å². The van der Waals surface area contributed by atoms with Crippen LogP contribution in [0.25, 0.3) is 10.8 Å². The maximum absolute atomic E-state index is 4.48. The van der Waals surface area contributed by atoms with Gasteiger partial charge in [-0.1, -0.05) is 18.2 Å². The number of pyridine rings is 1. The third-order valence-electron chi connectivity index (χ3n) is 3.27. The Labute approximate surface area is 122 Å². The second-order valence-electron chi connectivity index (χ2n) is 4.82. The molecule has 0 aliphatic heterocycles. The summed E-state index contributed by atoms with van der Waals surface area (Å²) in [5.41, 5.74) is 2.44. The van der Waals surface area contributed by atoms with Crippen LogP contribution in [0.5, 0.6) is 0 Å². The number of aromatic nitrogens is 2. The molecule has 0 aliphatic carbocycles. The zero-order chi connectivity index (χ0) is 13.8. The van der Waals surface area contributed by atoms with Gasteiger partial charge in [-0.3, -0.25) is 4.98 Å². The van der Waals surface area contributed by atoms with Crippen molar-refractivity contribution in [1.82, 2.24) is 15.3 Å². The van der Waals surface area contributed by atoms with Crippen molar-refractivity contribution in [2.45, 2.75) is 19.9 Å². The number of hydrogen-bond acceptors (Lipinski definition) is 4. The Hall–Kier alpha value is -1.78. The minimum absolute atomic E-state index is 0.881. The molecule has 0 saturated carbocycles. The Balaban J connectivity index is 1.60. The standard InChI is InChI=1S/C16H17N3S/c1-12-11-20-16(19-12)6-8-18-10-14-4-2-3-13-9-17-7-5-15(13)14/h2-5,7,9,11,18H,6,8,10H2,1H3. The van der Waals surface area contributed by atoms with E-state index in [0.717, 1.165) is 25.2 Å². The molecule has 102 valence electrons. The zero-order valence-electron chi connectivity index (χ0n) is 11.5. The summed E-state index contributed by atoms with van der Waals surface area (Å²) in [5.74, 6) is 0. The lowest BCUT2D eigenvalue weighted by Crippen LogP contribution is -2.16. The van der Waals surface area contributed by atoms with Gasteiger partial charge in [0, 0.05) is 48.4 Å². The predicted molar refractivity (Wildman–Crippen MR) is 84.0 cm³/mol. The van der Waals surface area contributed by atoms with Gasteiger partial charge in [0.2, 0.25) is 0 Å². The van der Waals surface area contributed by atoms with Crippen molar-refractivity contribution in [3.05, 3.63) is 58.3 Å². The Kier molecular flexibility index (Phi) is 4.04. The molecule has 0 amide bonds. The van der Waals surface area contributed by atoms with Gasteiger partial charge < -0.3 is 5.32 Å². The van der Waals surface area contributed by atoms with Crippen molar-refractivity contribution in [1.29, 1.82) is 0 Å². The highest BCUT2D eigenvalue weighted by molar-refractivity contribution is 7.09. The Morgan fingerprint density at radius 2 is 2.20 bits per heavy atom. The van der Waals surface area contributed by atoms with Gasteiger partial charge in [-0.05, 0) is 23.9 Å². The van der Waals surface area contributed by atoms with Crippen molar-refractivity contribution in [2.24, 2.45) is 0 Å². The fourth-order valence-corrected chi connectivity index (χ4v) is 3.06. The normalized spacial score (nSPS) is 11.1. The second kappa shape index (κ2) is 6.11. The lowest BCUT2D eigenvalue weighted by molar-refractivity contribution is 0.687. The predicted octanol–water partition coefficient (Wildman–Crippen LogP) is 3.33. The van der Waals surface area contributed by atoms with Crippen LogP contribution in [0.4, 0.5) is 0 Å². The van der Waals surface area contributed by atoms with E-state index in [2.05, 4.69) is 44.9 Å². The molecule has 0 atom stereocenters. The molecule has 2 aromatic heterocycles. The number of hydrogen-bond donors (Lipinski definition) is 1. The number of benzene rings is 1. The highest BCUT2D eigenvalue weighted by Gasteiger charge is 2.01. The lowest BCUT2D eigenvalue weighted by atomic mass is 10.1. The molecule has 3 rings (SSSR count). The van der Waals surface area contributed by atoms with E-state index in [1.807, 2.05) is 19.3 Å². The molecule has 4 heteroatoms. The highest BCUT2D eigenvalue weighted by Crippen LogP contribution is 2.17. The zero-order valence-corrected chi connectivity index (χ0v) is 12.3. The maximum atomic E-state index is 4.48. The first kappa shape index (κ1) is 13.2. The summed E-state index contributed by atoms with van der Waals surface area (Å²) >= 11 is 1.74. The van der Waals surface area contributed by atoms with E-state index < -0.39 is 0 Å². The number of fused-ring (bicyclic) bond motifs is 1. The fraction of sp³-hybridized carbons (Fsp3) is 0.250. The fourth-order valence-electron chi connectivity index (χ4n) is 2.28. The molecule has 1 N–H and O–H groups in total. The molecule has 0 fully saturated rings. The van der Waals surface area contributed by atoms with Gasteiger partial charge >= 0.3 is 0 Å². The van der Waals surface area contributed by atoms with Crippen LogP contribution in [0.1, 0.15) is 16.3 Å². The van der Waals surface area contributed by atoms with Crippen LogP contribution in [-0.4, -0.2) is 16.5 Å². The summed E-state index contributed by atoms with van der Waals surface area (Å²) in [6.45, 7) is 3.87. The second-order valence-corrected chi connectivity index (χ2v) is 5.77. The van der Waals surface area contributed by atoms with Gasteiger partial charge in [0.1, 0.15) is 0 Å². The Morgan fingerprint density at radius 1 is 1.25 bits per heavy atom. The smallest absolute Gasteiger partial charge is 0.0940 e. The van der Waals surface area contributed by atoms with Gasteiger partial charge in [0.25, 0.3) is 0 Å². The molecule has 1 aromatic carbocycles. The van der Waals surface area contributed by atoms with Crippen LogP contribution in [0.2, 0.25) is 0 Å². The number of nitrogens with one attached hydrogen (secondary N) is 1. The van der Waals surface area contributed by atoms with Gasteiger partial charge in [-0.2, -0.15) is 0 Å². The van der Waals surface area contributed by atoms with Gasteiger partial charge in [-0.15, -0.1) is 11.3 Å². The summed E-state index contributed by atoms with van der Waals surface area (Å²) < 4.78 is 0. The summed E-state index contributed by atoms with van der Waals surface area (Å²) in [5, 5.41) is 9.28. The first-order valence-corrected chi connectivity index (χ1v) is 7.64. The quantitative estimate of drug-likeness (QED) is 0.730. The Morgan fingerprint density at radius 3 is 3.05 bits per heavy atom. The van der Waals surface area contributed by atoms with E-state index in [9.17, 15) is 0 Å². The molecule has 0 radical (unpaired) electrons. The number of nitrogens with zero attached hydrogens (tertiary/aromatic N) is 2. The van der Waals surface area contributed by atoms with Crippen molar-refractivity contribution < 1.29 is 0 Å². The molecule has 0 saturated heterocycles. The first-order chi connectivity index (χ1) is 9.83. The summed E-state index contributed by atoms with van der Waals surface area (Å²) in [7, 11) is 0. The molecular weight excluding hydrogens is 266 g/mol. The third-order valence-corrected chi connectivity index (χ3v) is 4.30. The van der Waals surface area contributed by atoms with Crippen molar-refractivity contribution in [3.63, 3.8) is 0 Å². The Bertz CT molecular complexity index is 700. The van der Waals surface area contributed by atoms with Crippen LogP contribution >= 0.6 is 11.3 Å². The minimum Gasteiger partial charge on any atom is -0.312 e. The number of aryl methyl sites for hydroxylation is 1. The van der Waals surface area contributed by atoms with Crippen molar-refractivity contribution in [3.8, 4) is 0 Å². The molecule has 20 heavy (non-hydrogen) atoms. The van der Waals surface area contributed by atoms with Crippen LogP contribution in [0, 0.1) is 6.92 Å². The molecule has 0 bridgehead atoms. The van der Waals surface area contributed by atoms with E-state index in [1.165, 1.54) is 21.3 Å². The maximum Gasteiger partial charge on any atom is 0.0940 e. The van der Waals surface area contributed by atoms with Gasteiger partial charge in [-0.25, -0.2) is 4.98 Å². The molecule has 3 nitrogen and oxygen atoms in total. The van der Waals surface area contributed by atoms with Crippen molar-refractivity contribution >= 4 is 22.1 Å². The van der Waals surface area contributed by atoms with E-state index in [4.69, 9.17) is 0 Å². The van der Waals surface area contributed by atoms with Crippen LogP contribution in [0.3, 0.4) is 0 Å². The van der Waals surface area contributed by atoms with E-state index in [0.29, 0.717) is 0 Å². The SMILES string of the molecule is Cc1csc(CCNCc2cccc3cnccc23)n1. The third kappa shape index (κ3) is 3.03. The summed E-state index contributed by atoms with van der Waals surface area (Å²) in [4.78, 5) is 8.64. The minimum atomic E-state index is 0.881. The van der Waals surface area contributed by atoms with Gasteiger partial charge in [0.15, 0.2) is 0 Å². The molecule has 0 spiro atoms. The molecular formula is C16H17N3S. The first-order valence-electron chi connectivity index (χ1n) is 6.76. The average Bonchev–Trinajstić information content (AvgIpc) is 2.89. The highest BCUT2D eigenvalue weighted by atomic mass is 32.1. The van der Waals surface area contributed by atoms with E-state index >= 15 is 0 Å². The summed E-state index contributed by atoms with van der Waals surface area (Å²) in [6.07, 6.45) is 4.76. The monoisotopic (exact) mass is 283 g/mol. The van der Waals surface area contributed by atoms with Crippen LogP contribution in [0.15, 0.2) is 42.0 Å². The molecule has 0 unspecified atom stereocenters. The lowest BCUT2D eigenvalue weighted by Gasteiger charge is -2.07. The number of thiazole rings is 1.